The number of amides is 1. The van der Waals surface area contributed by atoms with Crippen molar-refractivity contribution in [3.63, 3.8) is 0 Å². The van der Waals surface area contributed by atoms with Gasteiger partial charge >= 0.3 is 0 Å². The van der Waals surface area contributed by atoms with Crippen LogP contribution in [0.5, 0.6) is 0 Å². The Bertz CT molecular complexity index is 1730. The van der Waals surface area contributed by atoms with E-state index in [0.29, 0.717) is 60.1 Å². The van der Waals surface area contributed by atoms with Gasteiger partial charge in [-0.15, -0.1) is 0 Å². The van der Waals surface area contributed by atoms with Gasteiger partial charge in [-0.25, -0.2) is 37.1 Å². The molecule has 40 heavy (non-hydrogen) atoms. The Hall–Kier alpha value is -4.23. The molecule has 0 unspecified atom stereocenters. The molecule has 0 saturated carbocycles. The van der Waals surface area contributed by atoms with Crippen LogP contribution in [0.4, 0.5) is 20.3 Å². The van der Waals surface area contributed by atoms with Crippen molar-refractivity contribution in [1.82, 2.24) is 24.8 Å². The van der Waals surface area contributed by atoms with Crippen LogP contribution in [0.2, 0.25) is 5.15 Å². The minimum atomic E-state index is -4.45. The third-order valence-corrected chi connectivity index (χ3v) is 8.07. The van der Waals surface area contributed by atoms with Crippen molar-refractivity contribution >= 4 is 50.1 Å². The summed E-state index contributed by atoms with van der Waals surface area (Å²) in [4.78, 5) is 30.3. The Morgan fingerprint density at radius 3 is 2.60 bits per heavy atom. The highest BCUT2D eigenvalue weighted by molar-refractivity contribution is 7.92. The van der Waals surface area contributed by atoms with Gasteiger partial charge in [0.15, 0.2) is 11.0 Å². The third kappa shape index (κ3) is 5.70. The van der Waals surface area contributed by atoms with E-state index in [1.807, 2.05) is 0 Å². The Labute approximate surface area is 233 Å². The van der Waals surface area contributed by atoms with Crippen LogP contribution >= 0.6 is 11.6 Å². The fraction of sp³-hybridized carbons (Fsp3) is 0.192. The van der Waals surface area contributed by atoms with E-state index in [-0.39, 0.29) is 22.8 Å². The standard InChI is InChI=1S/C26H22ClF2N7O3S/c1-2-23(37)36-9-7-17(8-10-36)33-26-24-20(31-14-32-26)5-4-19(34-24)15-11-21(25(27)30-13-15)35-40(38,39)22-6-3-16(28)12-18(22)29/h2-6,11-14,17,35H,1,7-10H2,(H,31,32,33). The van der Waals surface area contributed by atoms with Crippen LogP contribution in [0.3, 0.4) is 0 Å². The number of piperidine rings is 1. The molecule has 1 amide bonds. The van der Waals surface area contributed by atoms with E-state index in [4.69, 9.17) is 11.6 Å². The third-order valence-electron chi connectivity index (χ3n) is 6.37. The van der Waals surface area contributed by atoms with E-state index in [1.165, 1.54) is 24.7 Å². The number of nitrogens with zero attached hydrogens (tertiary/aromatic N) is 5. The van der Waals surface area contributed by atoms with E-state index in [1.54, 1.807) is 17.0 Å². The van der Waals surface area contributed by atoms with E-state index >= 15 is 0 Å². The second-order valence-electron chi connectivity index (χ2n) is 8.98. The van der Waals surface area contributed by atoms with Crippen molar-refractivity contribution in [2.24, 2.45) is 0 Å². The number of aromatic nitrogens is 4. The molecule has 1 aliphatic heterocycles. The highest BCUT2D eigenvalue weighted by atomic mass is 35.5. The Morgan fingerprint density at radius 2 is 1.88 bits per heavy atom. The first-order valence-electron chi connectivity index (χ1n) is 12.1. The summed E-state index contributed by atoms with van der Waals surface area (Å²) < 4.78 is 55.2. The number of pyridine rings is 2. The number of likely N-dealkylation sites (tertiary alicyclic amines) is 1. The van der Waals surface area contributed by atoms with Crippen LogP contribution < -0.4 is 10.0 Å². The summed E-state index contributed by atoms with van der Waals surface area (Å²) in [6, 6.07) is 7.02. The van der Waals surface area contributed by atoms with Gasteiger partial charge in [-0.3, -0.25) is 9.52 Å². The lowest BCUT2D eigenvalue weighted by Gasteiger charge is -2.32. The monoisotopic (exact) mass is 585 g/mol. The first-order valence-corrected chi connectivity index (χ1v) is 13.9. The summed E-state index contributed by atoms with van der Waals surface area (Å²) in [5.74, 6) is -1.75. The van der Waals surface area contributed by atoms with Crippen molar-refractivity contribution in [3.05, 3.63) is 78.4 Å². The summed E-state index contributed by atoms with van der Waals surface area (Å²) in [6.07, 6.45) is 5.57. The van der Waals surface area contributed by atoms with E-state index < -0.39 is 26.6 Å². The summed E-state index contributed by atoms with van der Waals surface area (Å²) >= 11 is 6.14. The molecule has 1 aliphatic rings. The molecule has 1 aromatic carbocycles. The van der Waals surface area contributed by atoms with Gasteiger partial charge in [0, 0.05) is 37.0 Å². The number of halogens is 3. The zero-order valence-electron chi connectivity index (χ0n) is 20.8. The lowest BCUT2D eigenvalue weighted by molar-refractivity contribution is -0.126. The second kappa shape index (κ2) is 11.1. The highest BCUT2D eigenvalue weighted by Crippen LogP contribution is 2.30. The van der Waals surface area contributed by atoms with Crippen molar-refractivity contribution < 1.29 is 22.0 Å². The maximum Gasteiger partial charge on any atom is 0.264 e. The summed E-state index contributed by atoms with van der Waals surface area (Å²) in [6.45, 7) is 4.70. The molecule has 0 spiro atoms. The van der Waals surface area contributed by atoms with Crippen LogP contribution in [0.15, 0.2) is 66.5 Å². The van der Waals surface area contributed by atoms with Gasteiger partial charge in [0.1, 0.15) is 28.4 Å². The quantitative estimate of drug-likeness (QED) is 0.241. The van der Waals surface area contributed by atoms with Gasteiger partial charge in [-0.2, -0.15) is 0 Å². The molecule has 1 saturated heterocycles. The van der Waals surface area contributed by atoms with Crippen LogP contribution in [0.25, 0.3) is 22.3 Å². The maximum absolute atomic E-state index is 14.2. The molecule has 0 aliphatic carbocycles. The van der Waals surface area contributed by atoms with Gasteiger partial charge < -0.3 is 10.2 Å². The molecule has 4 heterocycles. The Kier molecular flexibility index (Phi) is 7.59. The first kappa shape index (κ1) is 27.3. The second-order valence-corrected chi connectivity index (χ2v) is 11.0. The van der Waals surface area contributed by atoms with Gasteiger partial charge in [-0.1, -0.05) is 18.2 Å². The summed E-state index contributed by atoms with van der Waals surface area (Å²) in [7, 11) is -4.45. The van der Waals surface area contributed by atoms with Crippen molar-refractivity contribution in [1.29, 1.82) is 0 Å². The number of sulfonamides is 1. The molecule has 4 aromatic rings. The van der Waals surface area contributed by atoms with Crippen LogP contribution in [0.1, 0.15) is 12.8 Å². The number of carbonyl (C=O) groups excluding carboxylic acids is 1. The molecular weight excluding hydrogens is 564 g/mol. The lowest BCUT2D eigenvalue weighted by Crippen LogP contribution is -2.41. The molecule has 206 valence electrons. The Morgan fingerprint density at radius 1 is 1.10 bits per heavy atom. The van der Waals surface area contributed by atoms with Crippen molar-refractivity contribution in [2.45, 2.75) is 23.8 Å². The molecule has 0 atom stereocenters. The Balaban J connectivity index is 1.42. The van der Waals surface area contributed by atoms with E-state index in [2.05, 4.69) is 36.6 Å². The normalized spacial score (nSPS) is 14.2. The molecule has 0 radical (unpaired) electrons. The number of carbonyl (C=O) groups is 1. The van der Waals surface area contributed by atoms with Gasteiger partial charge in [0.05, 0.1) is 16.9 Å². The van der Waals surface area contributed by atoms with E-state index in [0.717, 1.165) is 12.1 Å². The van der Waals surface area contributed by atoms with Crippen LogP contribution in [0, 0.1) is 11.6 Å². The SMILES string of the molecule is C=CC(=O)N1CCC(Nc2ncnc3ccc(-c4cnc(Cl)c(NS(=O)(=O)c5ccc(F)cc5F)c4)nc23)CC1. The number of hydrogen-bond acceptors (Lipinski definition) is 8. The molecule has 3 aromatic heterocycles. The van der Waals surface area contributed by atoms with Crippen LogP contribution in [-0.4, -0.2) is 58.3 Å². The average Bonchev–Trinajstić information content (AvgIpc) is 2.94. The number of benzene rings is 1. The zero-order valence-corrected chi connectivity index (χ0v) is 22.4. The number of anilines is 2. The fourth-order valence-corrected chi connectivity index (χ4v) is 5.65. The number of rotatable bonds is 7. The van der Waals surface area contributed by atoms with Crippen LogP contribution in [-0.2, 0) is 14.8 Å². The lowest BCUT2D eigenvalue weighted by atomic mass is 10.0. The number of hydrogen-bond donors (Lipinski definition) is 2. The van der Waals surface area contributed by atoms with Gasteiger partial charge in [0.2, 0.25) is 5.91 Å². The molecule has 5 rings (SSSR count). The molecular formula is C26H22ClF2N7O3S. The number of nitrogens with one attached hydrogen (secondary N) is 2. The smallest absolute Gasteiger partial charge is 0.264 e. The fourth-order valence-electron chi connectivity index (χ4n) is 4.33. The average molecular weight is 586 g/mol. The maximum atomic E-state index is 14.2. The number of fused-ring (bicyclic) bond motifs is 1. The summed E-state index contributed by atoms with van der Waals surface area (Å²) in [5, 5.41) is 3.21. The minimum absolute atomic E-state index is 0.0579. The van der Waals surface area contributed by atoms with E-state index in [9.17, 15) is 22.0 Å². The molecule has 0 bridgehead atoms. The zero-order chi connectivity index (χ0) is 28.4. The molecule has 10 nitrogen and oxygen atoms in total. The van der Waals surface area contributed by atoms with Gasteiger partial charge in [0.25, 0.3) is 10.0 Å². The topological polar surface area (TPSA) is 130 Å². The summed E-state index contributed by atoms with van der Waals surface area (Å²) in [5.41, 5.74) is 1.78. The predicted molar refractivity (Wildman–Crippen MR) is 146 cm³/mol. The largest absolute Gasteiger partial charge is 0.365 e. The first-order chi connectivity index (χ1) is 19.1. The minimum Gasteiger partial charge on any atom is -0.365 e. The van der Waals surface area contributed by atoms with Crippen molar-refractivity contribution in [2.75, 3.05) is 23.1 Å². The molecule has 14 heteroatoms. The molecule has 2 N–H and O–H groups in total. The predicted octanol–water partition coefficient (Wildman–Crippen LogP) is 4.41. The van der Waals surface area contributed by atoms with Gasteiger partial charge in [-0.05, 0) is 49.2 Å². The van der Waals surface area contributed by atoms with Crippen molar-refractivity contribution in [3.8, 4) is 11.3 Å². The highest BCUT2D eigenvalue weighted by Gasteiger charge is 2.24. The molecule has 1 fully saturated rings.